The predicted octanol–water partition coefficient (Wildman–Crippen LogP) is 1.21. The number of benzene rings is 1. The zero-order valence-electron chi connectivity index (χ0n) is 16.9. The third-order valence-electron chi connectivity index (χ3n) is 5.81. The summed E-state index contributed by atoms with van der Waals surface area (Å²) in [6.07, 6.45) is 1.43. The normalized spacial score (nSPS) is 28.6. The van der Waals surface area contributed by atoms with Crippen LogP contribution in [-0.2, 0) is 22.4 Å². The molecule has 0 aliphatic carbocycles. The van der Waals surface area contributed by atoms with Crippen molar-refractivity contribution in [2.45, 2.75) is 43.5 Å². The van der Waals surface area contributed by atoms with Crippen LogP contribution in [0.3, 0.4) is 0 Å². The number of nitrogens with one attached hydrogen (secondary N) is 1. The standard InChI is InChI=1S/C22H29N3O4/c1-25(12-10-16-8-5-6-11-23-16)20-21(26)19(18-14-28-22(20)29-18)24-13-15-7-3-4-9-17(15)27-2/h3-9,11,18-22,24,26H,10,12-14H2,1-2H3/t18-,19+,20-,21-,22+/m0/s1. The molecule has 0 spiro atoms. The molecule has 2 saturated heterocycles. The molecule has 0 amide bonds. The first-order valence-electron chi connectivity index (χ1n) is 10.1. The number of nitrogens with zero attached hydrogens (tertiary/aromatic N) is 2. The van der Waals surface area contributed by atoms with Crippen molar-refractivity contribution in [3.8, 4) is 5.75 Å². The van der Waals surface area contributed by atoms with Gasteiger partial charge in [0.1, 0.15) is 11.9 Å². The molecule has 1 aromatic heterocycles. The van der Waals surface area contributed by atoms with E-state index in [0.717, 1.165) is 30.0 Å². The van der Waals surface area contributed by atoms with Crippen LogP contribution in [0.2, 0.25) is 0 Å². The summed E-state index contributed by atoms with van der Waals surface area (Å²) in [5, 5.41) is 14.6. The SMILES string of the molecule is COc1ccccc1CN[C@H]1[C@H](O)[C@H](N(C)CCc2ccccn2)[C@@H]2OC[C@@H]1O2. The van der Waals surface area contributed by atoms with E-state index >= 15 is 0 Å². The highest BCUT2D eigenvalue weighted by Gasteiger charge is 2.51. The van der Waals surface area contributed by atoms with Crippen LogP contribution in [0.5, 0.6) is 5.75 Å². The van der Waals surface area contributed by atoms with Gasteiger partial charge in [-0.15, -0.1) is 0 Å². The second-order valence-corrected chi connectivity index (χ2v) is 7.63. The van der Waals surface area contributed by atoms with E-state index in [9.17, 15) is 5.11 Å². The van der Waals surface area contributed by atoms with Gasteiger partial charge in [-0.1, -0.05) is 24.3 Å². The summed E-state index contributed by atoms with van der Waals surface area (Å²) in [4.78, 5) is 6.50. The predicted molar refractivity (Wildman–Crippen MR) is 109 cm³/mol. The van der Waals surface area contributed by atoms with Crippen molar-refractivity contribution in [1.29, 1.82) is 0 Å². The number of para-hydroxylation sites is 1. The van der Waals surface area contributed by atoms with Gasteiger partial charge in [0.05, 0.1) is 31.9 Å². The first-order valence-corrected chi connectivity index (χ1v) is 10.1. The van der Waals surface area contributed by atoms with E-state index in [4.69, 9.17) is 14.2 Å². The Morgan fingerprint density at radius 1 is 1.24 bits per heavy atom. The molecule has 4 rings (SSSR count). The average molecular weight is 399 g/mol. The average Bonchev–Trinajstić information content (AvgIpc) is 3.18. The highest BCUT2D eigenvalue weighted by atomic mass is 16.7. The Morgan fingerprint density at radius 2 is 2.07 bits per heavy atom. The van der Waals surface area contributed by atoms with Gasteiger partial charge in [0.15, 0.2) is 6.29 Å². The van der Waals surface area contributed by atoms with Crippen LogP contribution < -0.4 is 10.1 Å². The number of aliphatic hydroxyl groups is 1. The van der Waals surface area contributed by atoms with Gasteiger partial charge in [0.25, 0.3) is 0 Å². The zero-order chi connectivity index (χ0) is 20.2. The minimum Gasteiger partial charge on any atom is -0.496 e. The van der Waals surface area contributed by atoms with Crippen LogP contribution in [0, 0.1) is 0 Å². The molecule has 156 valence electrons. The van der Waals surface area contributed by atoms with Gasteiger partial charge in [-0.05, 0) is 25.2 Å². The van der Waals surface area contributed by atoms with E-state index in [0.29, 0.717) is 13.2 Å². The van der Waals surface area contributed by atoms with Crippen LogP contribution >= 0.6 is 0 Å². The zero-order valence-corrected chi connectivity index (χ0v) is 16.9. The Labute approximate surface area is 171 Å². The van der Waals surface area contributed by atoms with Crippen molar-refractivity contribution in [3.63, 3.8) is 0 Å². The largest absolute Gasteiger partial charge is 0.496 e. The molecule has 29 heavy (non-hydrogen) atoms. The smallest absolute Gasteiger partial charge is 0.176 e. The van der Waals surface area contributed by atoms with Gasteiger partial charge >= 0.3 is 0 Å². The number of ether oxygens (including phenoxy) is 3. The van der Waals surface area contributed by atoms with Gasteiger partial charge < -0.3 is 24.6 Å². The number of aliphatic hydroxyl groups excluding tert-OH is 1. The van der Waals surface area contributed by atoms with Gasteiger partial charge in [0.2, 0.25) is 0 Å². The van der Waals surface area contributed by atoms with Crippen molar-refractivity contribution in [2.24, 2.45) is 0 Å². The number of rotatable bonds is 8. The lowest BCUT2D eigenvalue weighted by atomic mass is 9.94. The fourth-order valence-corrected chi connectivity index (χ4v) is 4.18. The number of likely N-dealkylation sites (N-methyl/N-ethyl adjacent to an activating group) is 1. The van der Waals surface area contributed by atoms with Crippen molar-refractivity contribution < 1.29 is 19.3 Å². The monoisotopic (exact) mass is 399 g/mol. The maximum atomic E-state index is 11.2. The molecular formula is C22H29N3O4. The molecule has 2 fully saturated rings. The molecule has 0 saturated carbocycles. The first kappa shape index (κ1) is 20.3. The van der Waals surface area contributed by atoms with Gasteiger partial charge in [0, 0.05) is 37.0 Å². The Balaban J connectivity index is 1.41. The topological polar surface area (TPSA) is 76.1 Å². The lowest BCUT2D eigenvalue weighted by molar-refractivity contribution is -0.178. The molecule has 5 atom stereocenters. The quantitative estimate of drug-likeness (QED) is 0.691. The molecule has 2 aromatic rings. The van der Waals surface area contributed by atoms with E-state index in [1.807, 2.05) is 49.5 Å². The summed E-state index contributed by atoms with van der Waals surface area (Å²) in [6.45, 7) is 1.82. The van der Waals surface area contributed by atoms with Crippen molar-refractivity contribution >= 4 is 0 Å². The number of hydrogen-bond donors (Lipinski definition) is 2. The number of pyridine rings is 1. The van der Waals surface area contributed by atoms with E-state index < -0.39 is 12.4 Å². The lowest BCUT2D eigenvalue weighted by Crippen LogP contribution is -2.63. The Hall–Kier alpha value is -2.03. The molecule has 0 unspecified atom stereocenters. The van der Waals surface area contributed by atoms with Gasteiger partial charge in [-0.2, -0.15) is 0 Å². The molecule has 0 radical (unpaired) electrons. The Kier molecular flexibility index (Phi) is 6.42. The summed E-state index contributed by atoms with van der Waals surface area (Å²) in [5.74, 6) is 0.829. The van der Waals surface area contributed by atoms with Crippen molar-refractivity contribution in [3.05, 3.63) is 59.9 Å². The van der Waals surface area contributed by atoms with Crippen LogP contribution in [0.25, 0.3) is 0 Å². The molecule has 2 aliphatic rings. The summed E-state index contributed by atoms with van der Waals surface area (Å²) >= 11 is 0. The maximum Gasteiger partial charge on any atom is 0.176 e. The molecule has 7 nitrogen and oxygen atoms in total. The molecule has 7 heteroatoms. The van der Waals surface area contributed by atoms with E-state index in [1.54, 1.807) is 13.3 Å². The number of aromatic nitrogens is 1. The minimum atomic E-state index is -0.607. The van der Waals surface area contributed by atoms with E-state index in [2.05, 4.69) is 15.2 Å². The van der Waals surface area contributed by atoms with Crippen LogP contribution in [0.4, 0.5) is 0 Å². The van der Waals surface area contributed by atoms with Crippen molar-refractivity contribution in [2.75, 3.05) is 27.3 Å². The summed E-state index contributed by atoms with van der Waals surface area (Å²) in [6, 6.07) is 13.3. The van der Waals surface area contributed by atoms with Crippen LogP contribution in [-0.4, -0.2) is 72.9 Å². The molecule has 2 aliphatic heterocycles. The van der Waals surface area contributed by atoms with Crippen molar-refractivity contribution in [1.82, 2.24) is 15.2 Å². The second-order valence-electron chi connectivity index (χ2n) is 7.63. The Morgan fingerprint density at radius 3 is 2.86 bits per heavy atom. The highest BCUT2D eigenvalue weighted by molar-refractivity contribution is 5.33. The minimum absolute atomic E-state index is 0.162. The number of hydrogen-bond acceptors (Lipinski definition) is 7. The fraction of sp³-hybridized carbons (Fsp3) is 0.500. The highest BCUT2D eigenvalue weighted by Crippen LogP contribution is 2.31. The fourth-order valence-electron chi connectivity index (χ4n) is 4.18. The first-order chi connectivity index (χ1) is 14.2. The molecule has 2 N–H and O–H groups in total. The molecule has 3 heterocycles. The summed E-state index contributed by atoms with van der Waals surface area (Å²) in [7, 11) is 3.67. The lowest BCUT2D eigenvalue weighted by Gasteiger charge is -2.42. The molecular weight excluding hydrogens is 370 g/mol. The van der Waals surface area contributed by atoms with Crippen LogP contribution in [0.15, 0.2) is 48.7 Å². The Bertz CT molecular complexity index is 791. The third-order valence-corrected chi connectivity index (χ3v) is 5.81. The summed E-state index contributed by atoms with van der Waals surface area (Å²) < 4.78 is 17.4. The van der Waals surface area contributed by atoms with Gasteiger partial charge in [-0.25, -0.2) is 0 Å². The number of methoxy groups -OCH3 is 1. The molecule has 1 aromatic carbocycles. The molecule has 2 bridgehead atoms. The second kappa shape index (κ2) is 9.19. The maximum absolute atomic E-state index is 11.2. The van der Waals surface area contributed by atoms with E-state index in [-0.39, 0.29) is 18.2 Å². The number of fused-ring (bicyclic) bond motifs is 2. The van der Waals surface area contributed by atoms with E-state index in [1.165, 1.54) is 0 Å². The van der Waals surface area contributed by atoms with Crippen LogP contribution in [0.1, 0.15) is 11.3 Å². The summed E-state index contributed by atoms with van der Waals surface area (Å²) in [5.41, 5.74) is 2.07. The van der Waals surface area contributed by atoms with Gasteiger partial charge in [-0.3, -0.25) is 9.88 Å². The third kappa shape index (κ3) is 4.44.